The number of halogens is 1. The summed E-state index contributed by atoms with van der Waals surface area (Å²) < 4.78 is 51.7. The Bertz CT molecular complexity index is 1800. The number of sulfone groups is 1. The van der Waals surface area contributed by atoms with Crippen molar-refractivity contribution in [3.8, 4) is 6.07 Å². The lowest BCUT2D eigenvalue weighted by Crippen LogP contribution is -2.46. The molecular formula is C31H33FN6O5S. The fourth-order valence-corrected chi connectivity index (χ4v) is 7.05. The summed E-state index contributed by atoms with van der Waals surface area (Å²) in [5, 5.41) is 8.49. The second-order valence-corrected chi connectivity index (χ2v) is 13.6. The Morgan fingerprint density at radius 1 is 1.16 bits per heavy atom. The molecule has 3 aliphatic heterocycles. The lowest BCUT2D eigenvalue weighted by atomic mass is 10.1. The van der Waals surface area contributed by atoms with Crippen molar-refractivity contribution in [2.24, 2.45) is 4.99 Å². The zero-order valence-electron chi connectivity index (χ0n) is 24.4. The average Bonchev–Trinajstić information content (AvgIpc) is 3.38. The Labute approximate surface area is 255 Å². The van der Waals surface area contributed by atoms with Gasteiger partial charge in [-0.1, -0.05) is 6.07 Å². The van der Waals surface area contributed by atoms with Gasteiger partial charge in [0.15, 0.2) is 15.7 Å². The quantitative estimate of drug-likeness (QED) is 0.348. The molecule has 3 aromatic rings. The van der Waals surface area contributed by atoms with Crippen LogP contribution in [0.3, 0.4) is 0 Å². The largest absolute Gasteiger partial charge is 0.476 e. The molecule has 0 saturated carbocycles. The van der Waals surface area contributed by atoms with Crippen LogP contribution in [0.15, 0.2) is 53.3 Å². The summed E-state index contributed by atoms with van der Waals surface area (Å²) in [5.74, 6) is 1.43. The number of aliphatic imine (C=N–C) groups is 1. The first kappa shape index (κ1) is 29.8. The molecule has 0 N–H and O–H groups in total. The summed E-state index contributed by atoms with van der Waals surface area (Å²) in [6, 6.07) is 11.4. The monoisotopic (exact) mass is 620 g/mol. The molecule has 0 radical (unpaired) electrons. The summed E-state index contributed by atoms with van der Waals surface area (Å²) >= 11 is 0. The predicted molar refractivity (Wildman–Crippen MR) is 161 cm³/mol. The first-order valence-electron chi connectivity index (χ1n) is 14.6. The van der Waals surface area contributed by atoms with Gasteiger partial charge in [-0.2, -0.15) is 5.26 Å². The molecule has 0 amide bonds. The molecule has 0 bridgehead atoms. The normalized spacial score (nSPS) is 19.9. The standard InChI is InChI=1S/C31H33FN6O5S/c1-42-31(39)22-7-8-26-27(16-22)38(18-24-9-14-44(24,40)41)29(34-26)19-36-10-12-37(13-11-36)28-3-2-4-30(35-28)43-20-23-6-5-21(17-33)15-25(23)32/h3,5-8,15-16,24H,2,4,9-14,18-20H2,1H3. The van der Waals surface area contributed by atoms with Crippen molar-refractivity contribution in [2.45, 2.75) is 44.2 Å². The lowest BCUT2D eigenvalue weighted by molar-refractivity contribution is 0.0601. The number of rotatable bonds is 8. The number of hydrogen-bond acceptors (Lipinski definition) is 10. The lowest BCUT2D eigenvalue weighted by Gasteiger charge is -2.36. The minimum absolute atomic E-state index is 0.0434. The number of fused-ring (bicyclic) bond motifs is 1. The third-order valence-electron chi connectivity index (χ3n) is 8.43. The molecule has 4 heterocycles. The van der Waals surface area contributed by atoms with Crippen LogP contribution in [0.5, 0.6) is 0 Å². The highest BCUT2D eigenvalue weighted by atomic mass is 32.2. The Kier molecular flexibility index (Phi) is 8.38. The van der Waals surface area contributed by atoms with Crippen LogP contribution in [-0.4, -0.2) is 83.9 Å². The van der Waals surface area contributed by atoms with Gasteiger partial charge in [0.25, 0.3) is 0 Å². The van der Waals surface area contributed by atoms with Gasteiger partial charge in [-0.05, 0) is 49.2 Å². The van der Waals surface area contributed by atoms with Gasteiger partial charge in [0.05, 0.1) is 52.9 Å². The number of imidazole rings is 1. The first-order valence-corrected chi connectivity index (χ1v) is 16.3. The summed E-state index contributed by atoms with van der Waals surface area (Å²) in [6.07, 6.45) is 4.10. The predicted octanol–water partition coefficient (Wildman–Crippen LogP) is 3.39. The van der Waals surface area contributed by atoms with Crippen molar-refractivity contribution >= 4 is 32.7 Å². The fourth-order valence-electron chi connectivity index (χ4n) is 5.72. The van der Waals surface area contributed by atoms with Gasteiger partial charge in [0, 0.05) is 44.7 Å². The van der Waals surface area contributed by atoms with Crippen LogP contribution in [0.1, 0.15) is 46.6 Å². The third-order valence-corrected chi connectivity index (χ3v) is 10.6. The molecular weight excluding hydrogens is 587 g/mol. The maximum absolute atomic E-state index is 14.3. The van der Waals surface area contributed by atoms with Gasteiger partial charge in [-0.25, -0.2) is 27.6 Å². The van der Waals surface area contributed by atoms with E-state index in [1.165, 1.54) is 13.2 Å². The summed E-state index contributed by atoms with van der Waals surface area (Å²) in [5.41, 5.74) is 2.46. The molecule has 1 unspecified atom stereocenters. The summed E-state index contributed by atoms with van der Waals surface area (Å²) in [4.78, 5) is 26.2. The van der Waals surface area contributed by atoms with Crippen molar-refractivity contribution in [1.29, 1.82) is 5.26 Å². The molecule has 13 heteroatoms. The average molecular weight is 621 g/mol. The van der Waals surface area contributed by atoms with Gasteiger partial charge in [-0.15, -0.1) is 0 Å². The zero-order valence-corrected chi connectivity index (χ0v) is 25.2. The van der Waals surface area contributed by atoms with Crippen molar-refractivity contribution in [3.63, 3.8) is 0 Å². The molecule has 1 aromatic heterocycles. The van der Waals surface area contributed by atoms with Gasteiger partial charge >= 0.3 is 5.97 Å². The third kappa shape index (κ3) is 6.18. The maximum Gasteiger partial charge on any atom is 0.337 e. The van der Waals surface area contributed by atoms with Crippen LogP contribution < -0.4 is 0 Å². The number of nitrogens with zero attached hydrogens (tertiary/aromatic N) is 6. The van der Waals surface area contributed by atoms with Crippen LogP contribution in [0.4, 0.5) is 4.39 Å². The van der Waals surface area contributed by atoms with Gasteiger partial charge in [-0.3, -0.25) is 4.90 Å². The van der Waals surface area contributed by atoms with E-state index in [2.05, 4.69) is 15.9 Å². The van der Waals surface area contributed by atoms with Gasteiger partial charge in [0.2, 0.25) is 0 Å². The van der Waals surface area contributed by atoms with Gasteiger partial charge < -0.3 is 18.9 Å². The van der Waals surface area contributed by atoms with Crippen LogP contribution >= 0.6 is 0 Å². The van der Waals surface area contributed by atoms with Crippen molar-refractivity contribution in [1.82, 2.24) is 19.4 Å². The number of esters is 1. The molecule has 2 saturated heterocycles. The second kappa shape index (κ2) is 12.4. The molecule has 44 heavy (non-hydrogen) atoms. The van der Waals surface area contributed by atoms with E-state index in [-0.39, 0.29) is 17.9 Å². The summed E-state index contributed by atoms with van der Waals surface area (Å²) in [7, 11) is -1.79. The van der Waals surface area contributed by atoms with E-state index >= 15 is 0 Å². The Hall–Kier alpha value is -4.28. The van der Waals surface area contributed by atoms with Crippen molar-refractivity contribution in [3.05, 3.63) is 76.6 Å². The number of aromatic nitrogens is 2. The van der Waals surface area contributed by atoms with E-state index in [1.807, 2.05) is 10.6 Å². The molecule has 6 rings (SSSR count). The smallest absolute Gasteiger partial charge is 0.337 e. The van der Waals surface area contributed by atoms with Crippen molar-refractivity contribution in [2.75, 3.05) is 39.0 Å². The van der Waals surface area contributed by atoms with E-state index < -0.39 is 26.9 Å². The molecule has 11 nitrogen and oxygen atoms in total. The van der Waals surface area contributed by atoms with E-state index in [0.717, 1.165) is 49.8 Å². The number of methoxy groups -OCH3 is 1. The number of ether oxygens (including phenoxy) is 2. The molecule has 2 aromatic carbocycles. The molecule has 230 valence electrons. The van der Waals surface area contributed by atoms with E-state index in [9.17, 15) is 17.6 Å². The fraction of sp³-hybridized carbons (Fsp3) is 0.419. The SMILES string of the molecule is COC(=O)c1ccc2nc(CN3CCN(C4=CCCC(OCc5ccc(C#N)cc5F)=N4)CC3)n(CC3CCS3(=O)=O)c2c1. The number of carbonyl (C=O) groups excluding carboxylic acids is 1. The first-order chi connectivity index (χ1) is 21.2. The zero-order chi connectivity index (χ0) is 30.8. The van der Waals surface area contributed by atoms with Crippen LogP contribution in [-0.2, 0) is 39.0 Å². The van der Waals surface area contributed by atoms with E-state index in [0.29, 0.717) is 48.5 Å². The highest BCUT2D eigenvalue weighted by Crippen LogP contribution is 2.27. The minimum atomic E-state index is -3.12. The number of hydrogen-bond donors (Lipinski definition) is 0. The van der Waals surface area contributed by atoms with Crippen molar-refractivity contribution < 1.29 is 27.1 Å². The van der Waals surface area contributed by atoms with Gasteiger partial charge in [0.1, 0.15) is 24.1 Å². The van der Waals surface area contributed by atoms with E-state index in [4.69, 9.17) is 24.7 Å². The Morgan fingerprint density at radius 3 is 2.66 bits per heavy atom. The highest BCUT2D eigenvalue weighted by molar-refractivity contribution is 7.93. The number of nitriles is 1. The number of carbonyl (C=O) groups is 1. The number of allylic oxidation sites excluding steroid dienone is 1. The molecule has 0 spiro atoms. The minimum Gasteiger partial charge on any atom is -0.476 e. The molecule has 0 aliphatic carbocycles. The Balaban J connectivity index is 1.11. The van der Waals surface area contributed by atoms with Crippen LogP contribution in [0.25, 0.3) is 11.0 Å². The Morgan fingerprint density at radius 2 is 1.98 bits per heavy atom. The number of benzene rings is 2. The molecule has 2 fully saturated rings. The maximum atomic E-state index is 14.3. The van der Waals surface area contributed by atoms with E-state index in [1.54, 1.807) is 30.3 Å². The highest BCUT2D eigenvalue weighted by Gasteiger charge is 2.36. The van der Waals surface area contributed by atoms with Crippen LogP contribution in [0.2, 0.25) is 0 Å². The molecule has 1 atom stereocenters. The second-order valence-electron chi connectivity index (χ2n) is 11.2. The topological polar surface area (TPSA) is 130 Å². The number of piperazine rings is 1. The van der Waals surface area contributed by atoms with Crippen LogP contribution in [0, 0.1) is 17.1 Å². The molecule has 3 aliphatic rings. The summed E-state index contributed by atoms with van der Waals surface area (Å²) in [6.45, 7) is 3.84.